The minimum atomic E-state index is 0.0898. The Kier molecular flexibility index (Phi) is 4.08. The van der Waals surface area contributed by atoms with Crippen molar-refractivity contribution in [2.24, 2.45) is 0 Å². The smallest absolute Gasteiger partial charge is 0.146 e. The fraction of sp³-hybridized carbons (Fsp3) is 0.471. The highest BCUT2D eigenvalue weighted by Crippen LogP contribution is 2.32. The van der Waals surface area contributed by atoms with Crippen molar-refractivity contribution in [3.8, 4) is 5.75 Å². The predicted octanol–water partition coefficient (Wildman–Crippen LogP) is 2.69. The lowest BCUT2D eigenvalue weighted by Crippen LogP contribution is -2.60. The number of para-hydroxylation sites is 1. The van der Waals surface area contributed by atoms with Crippen LogP contribution in [0.25, 0.3) is 10.9 Å². The number of ether oxygens (including phenoxy) is 2. The second-order valence-corrected chi connectivity index (χ2v) is 5.54. The highest BCUT2D eigenvalue weighted by atomic mass is 16.5. The zero-order valence-electron chi connectivity index (χ0n) is 12.8. The highest BCUT2D eigenvalue weighted by Gasteiger charge is 2.42. The quantitative estimate of drug-likeness (QED) is 0.918. The van der Waals surface area contributed by atoms with Gasteiger partial charge in [-0.2, -0.15) is 0 Å². The molecule has 1 aliphatic rings. The summed E-state index contributed by atoms with van der Waals surface area (Å²) in [6, 6.07) is 10.5. The molecule has 1 saturated carbocycles. The van der Waals surface area contributed by atoms with Crippen molar-refractivity contribution in [3.05, 3.63) is 36.0 Å². The summed E-state index contributed by atoms with van der Waals surface area (Å²) in [6.07, 6.45) is 1.16. The molecule has 1 aromatic heterocycles. The zero-order chi connectivity index (χ0) is 14.8. The van der Waals surface area contributed by atoms with E-state index in [1.54, 1.807) is 7.11 Å². The SMILES string of the molecule is CCNC1CC(Oc2cccc3ccc(C)nc23)C1OC. The van der Waals surface area contributed by atoms with Gasteiger partial charge in [-0.05, 0) is 25.6 Å². The molecule has 112 valence electrons. The molecule has 3 unspecified atom stereocenters. The normalized spacial score (nSPS) is 24.8. The molecule has 0 aliphatic heterocycles. The number of benzene rings is 1. The van der Waals surface area contributed by atoms with Crippen LogP contribution in [0.2, 0.25) is 0 Å². The third-order valence-corrected chi connectivity index (χ3v) is 4.09. The van der Waals surface area contributed by atoms with Crippen molar-refractivity contribution < 1.29 is 9.47 Å². The van der Waals surface area contributed by atoms with E-state index in [-0.39, 0.29) is 12.2 Å². The van der Waals surface area contributed by atoms with Gasteiger partial charge in [-0.3, -0.25) is 0 Å². The maximum atomic E-state index is 6.17. The van der Waals surface area contributed by atoms with Crippen LogP contribution in [-0.2, 0) is 4.74 Å². The van der Waals surface area contributed by atoms with Crippen LogP contribution in [0.5, 0.6) is 5.75 Å². The van der Waals surface area contributed by atoms with Gasteiger partial charge in [0.05, 0.1) is 0 Å². The Morgan fingerprint density at radius 1 is 1.29 bits per heavy atom. The molecule has 0 bridgehead atoms. The number of nitrogens with zero attached hydrogens (tertiary/aromatic N) is 1. The predicted molar refractivity (Wildman–Crippen MR) is 83.8 cm³/mol. The highest BCUT2D eigenvalue weighted by molar-refractivity contribution is 5.84. The van der Waals surface area contributed by atoms with Gasteiger partial charge < -0.3 is 14.8 Å². The molecule has 1 aromatic carbocycles. The van der Waals surface area contributed by atoms with E-state index in [9.17, 15) is 0 Å². The summed E-state index contributed by atoms with van der Waals surface area (Å²) in [5, 5.41) is 4.53. The fourth-order valence-corrected chi connectivity index (χ4v) is 2.95. The van der Waals surface area contributed by atoms with Gasteiger partial charge in [-0.1, -0.05) is 25.1 Å². The molecule has 0 amide bonds. The number of aromatic nitrogens is 1. The van der Waals surface area contributed by atoms with Crippen molar-refractivity contribution >= 4 is 10.9 Å². The topological polar surface area (TPSA) is 43.4 Å². The van der Waals surface area contributed by atoms with E-state index in [0.717, 1.165) is 35.3 Å². The van der Waals surface area contributed by atoms with E-state index in [2.05, 4.69) is 29.4 Å². The van der Waals surface area contributed by atoms with E-state index in [0.29, 0.717) is 6.04 Å². The minimum absolute atomic E-state index is 0.0898. The summed E-state index contributed by atoms with van der Waals surface area (Å²) in [5.74, 6) is 0.846. The number of hydrogen-bond acceptors (Lipinski definition) is 4. The van der Waals surface area contributed by atoms with Crippen molar-refractivity contribution in [3.63, 3.8) is 0 Å². The lowest BCUT2D eigenvalue weighted by molar-refractivity contribution is -0.0879. The first-order chi connectivity index (χ1) is 10.2. The first-order valence-electron chi connectivity index (χ1n) is 7.52. The first kappa shape index (κ1) is 14.3. The molecule has 0 radical (unpaired) electrons. The van der Waals surface area contributed by atoms with E-state index < -0.39 is 0 Å². The van der Waals surface area contributed by atoms with Gasteiger partial charge in [0.1, 0.15) is 23.5 Å². The van der Waals surface area contributed by atoms with Crippen LogP contribution >= 0.6 is 0 Å². The number of nitrogens with one attached hydrogen (secondary N) is 1. The van der Waals surface area contributed by atoms with Gasteiger partial charge in [0.15, 0.2) is 0 Å². The Morgan fingerprint density at radius 2 is 2.14 bits per heavy atom. The third kappa shape index (κ3) is 2.74. The van der Waals surface area contributed by atoms with E-state index in [1.807, 2.05) is 25.1 Å². The summed E-state index contributed by atoms with van der Waals surface area (Å²) in [7, 11) is 1.75. The summed E-state index contributed by atoms with van der Waals surface area (Å²) >= 11 is 0. The van der Waals surface area contributed by atoms with Crippen LogP contribution in [-0.4, -0.2) is 36.9 Å². The molecule has 4 heteroatoms. The average molecular weight is 286 g/mol. The van der Waals surface area contributed by atoms with Crippen LogP contribution in [0.1, 0.15) is 19.0 Å². The second-order valence-electron chi connectivity index (χ2n) is 5.54. The van der Waals surface area contributed by atoms with Crippen LogP contribution in [0.4, 0.5) is 0 Å². The Hall–Kier alpha value is -1.65. The number of pyridine rings is 1. The molecule has 3 atom stereocenters. The Bertz CT molecular complexity index is 629. The molecule has 2 aromatic rings. The number of aryl methyl sites for hydroxylation is 1. The molecule has 1 N–H and O–H groups in total. The summed E-state index contributed by atoms with van der Waals surface area (Å²) in [4.78, 5) is 4.61. The van der Waals surface area contributed by atoms with Gasteiger partial charge in [-0.25, -0.2) is 4.98 Å². The Morgan fingerprint density at radius 3 is 2.90 bits per heavy atom. The number of methoxy groups -OCH3 is 1. The summed E-state index contributed by atoms with van der Waals surface area (Å²) in [5.41, 5.74) is 1.93. The van der Waals surface area contributed by atoms with E-state index in [4.69, 9.17) is 9.47 Å². The molecule has 3 rings (SSSR count). The van der Waals surface area contributed by atoms with Crippen molar-refractivity contribution in [2.45, 2.75) is 38.5 Å². The summed E-state index contributed by atoms with van der Waals surface area (Å²) in [6.45, 7) is 5.06. The second kappa shape index (κ2) is 6.00. The largest absolute Gasteiger partial charge is 0.485 e. The van der Waals surface area contributed by atoms with E-state index >= 15 is 0 Å². The van der Waals surface area contributed by atoms with Crippen molar-refractivity contribution in [1.29, 1.82) is 0 Å². The molecular weight excluding hydrogens is 264 g/mol. The maximum Gasteiger partial charge on any atom is 0.146 e. The number of rotatable bonds is 5. The molecule has 4 nitrogen and oxygen atoms in total. The van der Waals surface area contributed by atoms with Gasteiger partial charge in [0.2, 0.25) is 0 Å². The zero-order valence-corrected chi connectivity index (χ0v) is 12.8. The third-order valence-electron chi connectivity index (χ3n) is 4.09. The van der Waals surface area contributed by atoms with Gasteiger partial charge >= 0.3 is 0 Å². The number of fused-ring (bicyclic) bond motifs is 1. The lowest BCUT2D eigenvalue weighted by Gasteiger charge is -2.43. The van der Waals surface area contributed by atoms with Crippen LogP contribution in [0.3, 0.4) is 0 Å². The molecule has 0 spiro atoms. The minimum Gasteiger partial charge on any atom is -0.485 e. The molecule has 21 heavy (non-hydrogen) atoms. The first-order valence-corrected chi connectivity index (χ1v) is 7.52. The summed E-state index contributed by atoms with van der Waals surface area (Å²) < 4.78 is 11.7. The van der Waals surface area contributed by atoms with Gasteiger partial charge in [-0.15, -0.1) is 0 Å². The standard InChI is InChI=1S/C17H22N2O2/c1-4-18-13-10-15(17(13)20-3)21-14-7-5-6-12-9-8-11(2)19-16(12)14/h5-9,13,15,17-18H,4,10H2,1-3H3. The molecule has 0 saturated heterocycles. The Balaban J connectivity index is 1.81. The molecular formula is C17H22N2O2. The van der Waals surface area contributed by atoms with Gasteiger partial charge in [0.25, 0.3) is 0 Å². The monoisotopic (exact) mass is 286 g/mol. The number of hydrogen-bond donors (Lipinski definition) is 1. The average Bonchev–Trinajstić information content (AvgIpc) is 2.46. The van der Waals surface area contributed by atoms with Crippen LogP contribution < -0.4 is 10.1 Å². The molecule has 1 fully saturated rings. The molecule has 1 aliphatic carbocycles. The fourth-order valence-electron chi connectivity index (χ4n) is 2.95. The van der Waals surface area contributed by atoms with Crippen LogP contribution in [0, 0.1) is 6.92 Å². The molecule has 1 heterocycles. The maximum absolute atomic E-state index is 6.17. The van der Waals surface area contributed by atoms with Gasteiger partial charge in [0, 0.05) is 30.7 Å². The van der Waals surface area contributed by atoms with Crippen molar-refractivity contribution in [2.75, 3.05) is 13.7 Å². The Labute approximate surface area is 125 Å². The lowest BCUT2D eigenvalue weighted by atomic mass is 9.85. The van der Waals surface area contributed by atoms with Crippen LogP contribution in [0.15, 0.2) is 30.3 Å². The number of likely N-dealkylation sites (N-methyl/N-ethyl adjacent to an activating group) is 1. The van der Waals surface area contributed by atoms with E-state index in [1.165, 1.54) is 0 Å². The van der Waals surface area contributed by atoms with Crippen molar-refractivity contribution in [1.82, 2.24) is 10.3 Å².